The van der Waals surface area contributed by atoms with E-state index in [0.29, 0.717) is 6.54 Å². The van der Waals surface area contributed by atoms with Crippen LogP contribution in [-0.2, 0) is 13.6 Å². The molecule has 0 spiro atoms. The summed E-state index contributed by atoms with van der Waals surface area (Å²) in [5.74, 6) is 0. The van der Waals surface area contributed by atoms with Gasteiger partial charge in [0.1, 0.15) is 0 Å². The fraction of sp³-hybridized carbons (Fsp3) is 0.273. The third-order valence-corrected chi connectivity index (χ3v) is 2.80. The lowest BCUT2D eigenvalue weighted by Crippen LogP contribution is -2.19. The number of carbonyl (C=O) groups is 1. The molecular weight excluding hydrogens is 226 g/mol. The maximum atomic E-state index is 10.9. The molecule has 1 aromatic carbocycles. The molecule has 0 saturated heterocycles. The van der Waals surface area contributed by atoms with E-state index in [2.05, 4.69) is 4.98 Å². The van der Waals surface area contributed by atoms with Crippen LogP contribution >= 0.6 is 11.6 Å². The highest BCUT2D eigenvalue weighted by molar-refractivity contribution is 6.62. The average molecular weight is 238 g/mol. The summed E-state index contributed by atoms with van der Waals surface area (Å²) in [6.07, 6.45) is 1.77. The average Bonchev–Trinajstić information content (AvgIpc) is 2.60. The van der Waals surface area contributed by atoms with Gasteiger partial charge >= 0.3 is 5.37 Å². The van der Waals surface area contributed by atoms with Crippen molar-refractivity contribution in [2.45, 2.75) is 6.54 Å². The van der Waals surface area contributed by atoms with Crippen LogP contribution < -0.4 is 0 Å². The summed E-state index contributed by atoms with van der Waals surface area (Å²) in [5, 5.41) is -0.457. The molecule has 0 saturated carbocycles. The molecule has 1 heterocycles. The van der Waals surface area contributed by atoms with E-state index in [4.69, 9.17) is 11.6 Å². The molecule has 5 heteroatoms. The second-order valence-electron chi connectivity index (χ2n) is 3.79. The fourth-order valence-electron chi connectivity index (χ4n) is 1.62. The number of aromatic nitrogens is 2. The van der Waals surface area contributed by atoms with Crippen LogP contribution in [0.25, 0.3) is 11.0 Å². The van der Waals surface area contributed by atoms with Gasteiger partial charge in [0.25, 0.3) is 0 Å². The Balaban J connectivity index is 2.29. The van der Waals surface area contributed by atoms with Gasteiger partial charge in [-0.05, 0) is 29.3 Å². The number of amides is 1. The largest absolute Gasteiger partial charge is 0.334 e. The predicted octanol–water partition coefficient (Wildman–Crippen LogP) is 2.36. The summed E-state index contributed by atoms with van der Waals surface area (Å²) in [4.78, 5) is 16.6. The van der Waals surface area contributed by atoms with Gasteiger partial charge in [-0.3, -0.25) is 4.79 Å². The molecular formula is C11H12ClN3O. The van der Waals surface area contributed by atoms with Crippen molar-refractivity contribution >= 4 is 28.0 Å². The zero-order valence-electron chi connectivity index (χ0n) is 9.14. The molecule has 2 rings (SSSR count). The van der Waals surface area contributed by atoms with E-state index in [-0.39, 0.29) is 0 Å². The Labute approximate surface area is 98.4 Å². The van der Waals surface area contributed by atoms with Gasteiger partial charge in [-0.1, -0.05) is 6.07 Å². The Morgan fingerprint density at radius 1 is 1.56 bits per heavy atom. The van der Waals surface area contributed by atoms with Gasteiger partial charge < -0.3 is 9.47 Å². The van der Waals surface area contributed by atoms with Crippen molar-refractivity contribution in [1.29, 1.82) is 0 Å². The van der Waals surface area contributed by atoms with Crippen LogP contribution in [0.15, 0.2) is 24.5 Å². The number of imidazole rings is 1. The number of nitrogens with zero attached hydrogens (tertiary/aromatic N) is 3. The minimum atomic E-state index is -0.457. The van der Waals surface area contributed by atoms with Crippen molar-refractivity contribution in [3.8, 4) is 0 Å². The highest BCUT2D eigenvalue weighted by atomic mass is 35.5. The fourth-order valence-corrected chi connectivity index (χ4v) is 1.68. The van der Waals surface area contributed by atoms with Crippen LogP contribution in [0.3, 0.4) is 0 Å². The number of aryl methyl sites for hydroxylation is 1. The van der Waals surface area contributed by atoms with Crippen molar-refractivity contribution < 1.29 is 4.79 Å². The van der Waals surface area contributed by atoms with Gasteiger partial charge in [-0.25, -0.2) is 4.98 Å². The molecule has 0 unspecified atom stereocenters. The third-order valence-electron chi connectivity index (χ3n) is 2.51. The molecule has 0 bridgehead atoms. The summed E-state index contributed by atoms with van der Waals surface area (Å²) in [6.45, 7) is 0.495. The lowest BCUT2D eigenvalue weighted by Gasteiger charge is -2.12. The number of hydrogen-bond donors (Lipinski definition) is 0. The summed E-state index contributed by atoms with van der Waals surface area (Å²) < 4.78 is 1.95. The maximum Gasteiger partial charge on any atom is 0.316 e. The van der Waals surface area contributed by atoms with Gasteiger partial charge in [0.2, 0.25) is 0 Å². The molecule has 0 fully saturated rings. The van der Waals surface area contributed by atoms with E-state index >= 15 is 0 Å². The van der Waals surface area contributed by atoms with E-state index < -0.39 is 5.37 Å². The predicted molar refractivity (Wildman–Crippen MR) is 63.4 cm³/mol. The first-order valence-corrected chi connectivity index (χ1v) is 5.26. The molecule has 4 nitrogen and oxygen atoms in total. The molecule has 0 atom stereocenters. The number of halogens is 1. The maximum absolute atomic E-state index is 10.9. The van der Waals surface area contributed by atoms with Crippen LogP contribution in [-0.4, -0.2) is 26.9 Å². The summed E-state index contributed by atoms with van der Waals surface area (Å²) >= 11 is 5.37. The second kappa shape index (κ2) is 4.14. The highest BCUT2D eigenvalue weighted by Crippen LogP contribution is 2.15. The Hall–Kier alpha value is -1.55. The van der Waals surface area contributed by atoms with Gasteiger partial charge in [0, 0.05) is 20.6 Å². The number of carbonyl (C=O) groups excluding carboxylic acids is 1. The van der Waals surface area contributed by atoms with Gasteiger partial charge in [-0.2, -0.15) is 0 Å². The molecule has 0 radical (unpaired) electrons. The Morgan fingerprint density at radius 2 is 2.31 bits per heavy atom. The topological polar surface area (TPSA) is 38.1 Å². The van der Waals surface area contributed by atoms with Gasteiger partial charge in [-0.15, -0.1) is 0 Å². The summed E-state index contributed by atoms with van der Waals surface area (Å²) in [6, 6.07) is 5.93. The molecule has 1 aromatic heterocycles. The van der Waals surface area contributed by atoms with E-state index in [1.54, 1.807) is 13.4 Å². The number of benzene rings is 1. The van der Waals surface area contributed by atoms with Crippen LogP contribution in [0.4, 0.5) is 4.79 Å². The standard InChI is InChI=1S/C11H12ClN3O/c1-14(11(12)16)6-8-3-4-10-9(5-8)13-7-15(10)2/h3-5,7H,6H2,1-2H3. The first kappa shape index (κ1) is 11.0. The molecule has 0 aliphatic carbocycles. The van der Waals surface area contributed by atoms with Crippen LogP contribution in [0, 0.1) is 0 Å². The zero-order chi connectivity index (χ0) is 11.7. The number of hydrogen-bond acceptors (Lipinski definition) is 2. The van der Waals surface area contributed by atoms with E-state index in [1.165, 1.54) is 4.90 Å². The van der Waals surface area contributed by atoms with Crippen LogP contribution in [0.2, 0.25) is 0 Å². The van der Waals surface area contributed by atoms with Crippen molar-refractivity contribution in [1.82, 2.24) is 14.5 Å². The highest BCUT2D eigenvalue weighted by Gasteiger charge is 2.07. The lowest BCUT2D eigenvalue weighted by molar-refractivity contribution is 0.230. The van der Waals surface area contributed by atoms with Gasteiger partial charge in [0.15, 0.2) is 0 Å². The van der Waals surface area contributed by atoms with Crippen molar-refractivity contribution in [3.63, 3.8) is 0 Å². The van der Waals surface area contributed by atoms with Crippen molar-refractivity contribution in [3.05, 3.63) is 30.1 Å². The first-order chi connectivity index (χ1) is 7.58. The van der Waals surface area contributed by atoms with E-state index in [9.17, 15) is 4.79 Å². The second-order valence-corrected chi connectivity index (χ2v) is 4.11. The summed E-state index contributed by atoms with van der Waals surface area (Å²) in [7, 11) is 3.61. The van der Waals surface area contributed by atoms with Crippen molar-refractivity contribution in [2.75, 3.05) is 7.05 Å². The molecule has 0 aliphatic heterocycles. The van der Waals surface area contributed by atoms with Crippen molar-refractivity contribution in [2.24, 2.45) is 7.05 Å². The summed E-state index contributed by atoms with van der Waals surface area (Å²) in [5.41, 5.74) is 3.02. The molecule has 0 N–H and O–H groups in total. The Morgan fingerprint density at radius 3 is 3.00 bits per heavy atom. The lowest BCUT2D eigenvalue weighted by atomic mass is 10.2. The Kier molecular flexibility index (Phi) is 2.83. The first-order valence-electron chi connectivity index (χ1n) is 4.88. The van der Waals surface area contributed by atoms with Gasteiger partial charge in [0.05, 0.1) is 17.4 Å². The molecule has 16 heavy (non-hydrogen) atoms. The SMILES string of the molecule is CN(Cc1ccc2c(c1)ncn2C)C(=O)Cl. The smallest absolute Gasteiger partial charge is 0.316 e. The molecule has 2 aromatic rings. The number of rotatable bonds is 2. The quantitative estimate of drug-likeness (QED) is 0.594. The van der Waals surface area contributed by atoms with E-state index in [1.807, 2.05) is 29.8 Å². The third kappa shape index (κ3) is 2.02. The number of fused-ring (bicyclic) bond motifs is 1. The Bertz CT molecular complexity index is 535. The minimum absolute atomic E-state index is 0.457. The molecule has 0 aliphatic rings. The van der Waals surface area contributed by atoms with Crippen LogP contribution in [0.1, 0.15) is 5.56 Å². The minimum Gasteiger partial charge on any atom is -0.334 e. The normalized spacial score (nSPS) is 10.7. The molecule has 1 amide bonds. The zero-order valence-corrected chi connectivity index (χ0v) is 9.90. The molecule has 84 valence electrons. The van der Waals surface area contributed by atoms with E-state index in [0.717, 1.165) is 16.6 Å². The monoisotopic (exact) mass is 237 g/mol. The van der Waals surface area contributed by atoms with Crippen LogP contribution in [0.5, 0.6) is 0 Å².